The third kappa shape index (κ3) is 4.40. The molecule has 0 aliphatic rings. The van der Waals surface area contributed by atoms with Gasteiger partial charge in [-0.25, -0.2) is 0 Å². The Kier molecular flexibility index (Phi) is 5.48. The Morgan fingerprint density at radius 1 is 0.885 bits per heavy atom. The van der Waals surface area contributed by atoms with Gasteiger partial charge in [0, 0.05) is 5.56 Å². The number of benzene rings is 3. The van der Waals surface area contributed by atoms with Crippen molar-refractivity contribution in [1.29, 1.82) is 5.26 Å². The topological polar surface area (TPSA) is 74.8 Å². The molecule has 0 N–H and O–H groups in total. The van der Waals surface area contributed by atoms with Gasteiger partial charge in [0.15, 0.2) is 12.4 Å². The number of rotatable bonds is 6. The number of nitrogens with zero attached hydrogens (tertiary/aromatic N) is 3. The summed E-state index contributed by atoms with van der Waals surface area (Å²) in [5, 5.41) is 17.6. The SMILES string of the molecule is N#Cc1cc(N=Nc2ccccc2)ccc1OCC(=O)c1ccccc1. The van der Waals surface area contributed by atoms with Crippen LogP contribution >= 0.6 is 0 Å². The fourth-order valence-electron chi connectivity index (χ4n) is 2.25. The Labute approximate surface area is 151 Å². The van der Waals surface area contributed by atoms with E-state index in [2.05, 4.69) is 16.3 Å². The van der Waals surface area contributed by atoms with Gasteiger partial charge in [0.2, 0.25) is 0 Å². The quantitative estimate of drug-likeness (QED) is 0.455. The van der Waals surface area contributed by atoms with Gasteiger partial charge in [-0.15, -0.1) is 0 Å². The number of carbonyl (C=O) groups excluding carboxylic acids is 1. The predicted octanol–water partition coefficient (Wildman–Crippen LogP) is 5.24. The zero-order valence-electron chi connectivity index (χ0n) is 13.9. The van der Waals surface area contributed by atoms with Crippen LogP contribution < -0.4 is 4.74 Å². The van der Waals surface area contributed by atoms with Crippen LogP contribution in [-0.4, -0.2) is 12.4 Å². The average molecular weight is 341 g/mol. The zero-order valence-corrected chi connectivity index (χ0v) is 13.9. The van der Waals surface area contributed by atoms with Crippen LogP contribution in [-0.2, 0) is 0 Å². The van der Waals surface area contributed by atoms with Crippen LogP contribution in [0.1, 0.15) is 15.9 Å². The second-order valence-corrected chi connectivity index (χ2v) is 5.41. The molecule has 0 saturated heterocycles. The van der Waals surface area contributed by atoms with Gasteiger partial charge in [-0.1, -0.05) is 48.5 Å². The minimum Gasteiger partial charge on any atom is -0.484 e. The lowest BCUT2D eigenvalue weighted by Crippen LogP contribution is -2.11. The molecule has 0 aromatic heterocycles. The van der Waals surface area contributed by atoms with Gasteiger partial charge in [0.1, 0.15) is 11.8 Å². The Hall–Kier alpha value is -3.78. The largest absolute Gasteiger partial charge is 0.484 e. The molecule has 0 unspecified atom stereocenters. The molecular formula is C21H15N3O2. The molecule has 0 aliphatic heterocycles. The molecule has 5 heteroatoms. The normalized spacial score (nSPS) is 10.4. The number of carbonyl (C=O) groups is 1. The Morgan fingerprint density at radius 2 is 1.54 bits per heavy atom. The van der Waals surface area contributed by atoms with Crippen molar-refractivity contribution in [3.63, 3.8) is 0 Å². The van der Waals surface area contributed by atoms with Gasteiger partial charge in [0.05, 0.1) is 16.9 Å². The van der Waals surface area contributed by atoms with E-state index in [1.54, 1.807) is 42.5 Å². The van der Waals surface area contributed by atoms with Crippen LogP contribution in [0, 0.1) is 11.3 Å². The summed E-state index contributed by atoms with van der Waals surface area (Å²) in [6.45, 7) is -0.135. The van der Waals surface area contributed by atoms with Gasteiger partial charge < -0.3 is 4.74 Å². The molecule has 126 valence electrons. The summed E-state index contributed by atoms with van der Waals surface area (Å²) in [4.78, 5) is 12.1. The van der Waals surface area contributed by atoms with Crippen LogP contribution in [0.5, 0.6) is 5.75 Å². The molecule has 5 nitrogen and oxygen atoms in total. The van der Waals surface area contributed by atoms with Gasteiger partial charge >= 0.3 is 0 Å². The molecular weight excluding hydrogens is 326 g/mol. The molecule has 0 bridgehead atoms. The summed E-state index contributed by atoms with van der Waals surface area (Å²) < 4.78 is 5.52. The van der Waals surface area contributed by atoms with Gasteiger partial charge in [0.25, 0.3) is 0 Å². The van der Waals surface area contributed by atoms with Crippen LogP contribution in [0.2, 0.25) is 0 Å². The minimum atomic E-state index is -0.151. The first-order chi connectivity index (χ1) is 12.8. The first-order valence-corrected chi connectivity index (χ1v) is 7.98. The number of hydrogen-bond acceptors (Lipinski definition) is 5. The van der Waals surface area contributed by atoms with E-state index in [9.17, 15) is 10.1 Å². The van der Waals surface area contributed by atoms with Gasteiger partial charge in [-0.05, 0) is 30.3 Å². The number of nitriles is 1. The highest BCUT2D eigenvalue weighted by atomic mass is 16.5. The number of ether oxygens (including phenoxy) is 1. The van der Waals surface area contributed by atoms with Crippen molar-refractivity contribution in [2.45, 2.75) is 0 Å². The average Bonchev–Trinajstić information content (AvgIpc) is 2.72. The van der Waals surface area contributed by atoms with Crippen molar-refractivity contribution < 1.29 is 9.53 Å². The molecule has 0 fully saturated rings. The Morgan fingerprint density at radius 3 is 2.23 bits per heavy atom. The van der Waals surface area contributed by atoms with Gasteiger partial charge in [-0.3, -0.25) is 4.79 Å². The third-order valence-electron chi connectivity index (χ3n) is 3.58. The van der Waals surface area contributed by atoms with E-state index in [-0.39, 0.29) is 12.4 Å². The molecule has 0 radical (unpaired) electrons. The highest BCUT2D eigenvalue weighted by molar-refractivity contribution is 5.97. The van der Waals surface area contributed by atoms with Crippen molar-refractivity contribution in [3.05, 3.63) is 90.0 Å². The first kappa shape index (κ1) is 17.1. The summed E-state index contributed by atoms with van der Waals surface area (Å²) in [5.74, 6) is 0.192. The molecule has 3 aromatic rings. The number of hydrogen-bond donors (Lipinski definition) is 0. The van der Waals surface area contributed by atoms with Crippen molar-refractivity contribution in [1.82, 2.24) is 0 Å². The first-order valence-electron chi connectivity index (χ1n) is 7.98. The van der Waals surface area contributed by atoms with Crippen LogP contribution in [0.3, 0.4) is 0 Å². The molecule has 0 aliphatic carbocycles. The monoisotopic (exact) mass is 341 g/mol. The second kappa shape index (κ2) is 8.36. The molecule has 0 spiro atoms. The van der Waals surface area contributed by atoms with Crippen molar-refractivity contribution in [2.24, 2.45) is 10.2 Å². The lowest BCUT2D eigenvalue weighted by atomic mass is 10.1. The molecule has 0 amide bonds. The third-order valence-corrected chi connectivity index (χ3v) is 3.58. The van der Waals surface area contributed by atoms with Crippen molar-refractivity contribution in [2.75, 3.05) is 6.61 Å². The number of azo groups is 1. The minimum absolute atomic E-state index is 0.135. The molecule has 0 atom stereocenters. The van der Waals surface area contributed by atoms with Gasteiger partial charge in [-0.2, -0.15) is 15.5 Å². The maximum atomic E-state index is 12.1. The van der Waals surface area contributed by atoms with E-state index in [4.69, 9.17) is 4.74 Å². The summed E-state index contributed by atoms with van der Waals surface area (Å²) >= 11 is 0. The summed E-state index contributed by atoms with van der Waals surface area (Å²) in [7, 11) is 0. The smallest absolute Gasteiger partial charge is 0.200 e. The van der Waals surface area contributed by atoms with Crippen LogP contribution in [0.25, 0.3) is 0 Å². The molecule has 3 rings (SSSR count). The Balaban J connectivity index is 1.70. The molecule has 0 heterocycles. The highest BCUT2D eigenvalue weighted by Gasteiger charge is 2.09. The predicted molar refractivity (Wildman–Crippen MR) is 98.0 cm³/mol. The van der Waals surface area contributed by atoms with Crippen molar-refractivity contribution in [3.8, 4) is 11.8 Å². The summed E-state index contributed by atoms with van der Waals surface area (Å²) in [6.07, 6.45) is 0. The maximum Gasteiger partial charge on any atom is 0.200 e. The van der Waals surface area contributed by atoms with Crippen molar-refractivity contribution >= 4 is 17.2 Å². The Bertz CT molecular complexity index is 962. The standard InChI is InChI=1S/C21H15N3O2/c22-14-17-13-19(24-23-18-9-5-2-6-10-18)11-12-21(17)26-15-20(25)16-7-3-1-4-8-16/h1-13H,15H2. The van der Waals surface area contributed by atoms with E-state index in [0.29, 0.717) is 22.6 Å². The summed E-state index contributed by atoms with van der Waals surface area (Å²) in [6, 6.07) is 25.1. The van der Waals surface area contributed by atoms with E-state index in [0.717, 1.165) is 5.69 Å². The fraction of sp³-hybridized carbons (Fsp3) is 0.0476. The molecule has 26 heavy (non-hydrogen) atoms. The highest BCUT2D eigenvalue weighted by Crippen LogP contribution is 2.25. The van der Waals surface area contributed by atoms with E-state index in [1.807, 2.05) is 36.4 Å². The molecule has 0 saturated carbocycles. The van der Waals surface area contributed by atoms with Crippen LogP contribution in [0.15, 0.2) is 89.1 Å². The van der Waals surface area contributed by atoms with E-state index < -0.39 is 0 Å². The lowest BCUT2D eigenvalue weighted by molar-refractivity contribution is 0.0921. The second-order valence-electron chi connectivity index (χ2n) is 5.41. The maximum absolute atomic E-state index is 12.1. The zero-order chi connectivity index (χ0) is 18.2. The fourth-order valence-corrected chi connectivity index (χ4v) is 2.25. The van der Waals surface area contributed by atoms with E-state index >= 15 is 0 Å². The lowest BCUT2D eigenvalue weighted by Gasteiger charge is -2.07. The van der Waals surface area contributed by atoms with E-state index in [1.165, 1.54) is 0 Å². The number of ketones is 1. The van der Waals surface area contributed by atoms with Crippen LogP contribution in [0.4, 0.5) is 11.4 Å². The number of Topliss-reactive ketones (excluding diaryl/α,β-unsaturated/α-hetero) is 1. The molecule has 3 aromatic carbocycles. The summed E-state index contributed by atoms with van der Waals surface area (Å²) in [5.41, 5.74) is 2.13.